The Hall–Kier alpha value is -1.75. The van der Waals surface area contributed by atoms with Crippen LogP contribution in [0.5, 0.6) is 0 Å². The van der Waals surface area contributed by atoms with E-state index < -0.39 is 0 Å². The third-order valence-corrected chi connectivity index (χ3v) is 6.15. The quantitative estimate of drug-likeness (QED) is 0.568. The second kappa shape index (κ2) is 12.1. The van der Waals surface area contributed by atoms with E-state index in [1.807, 2.05) is 12.3 Å². The van der Waals surface area contributed by atoms with Gasteiger partial charge in [0.25, 0.3) is 0 Å². The standard InChI is InChI=1S/C25H37N3O/c1-3-15-27-16-12-23(13-17-27)25(20-22-9-5-4-6-10-22)28(18-19-29-2)21-24-11-7-8-14-26-24/h4-11,14,23,25H,3,12-13,15-21H2,1-2H3/t25-/m1/s1. The van der Waals surface area contributed by atoms with Crippen molar-refractivity contribution in [1.82, 2.24) is 14.8 Å². The summed E-state index contributed by atoms with van der Waals surface area (Å²) in [6, 6.07) is 17.7. The topological polar surface area (TPSA) is 28.6 Å². The molecule has 3 rings (SSSR count). The molecule has 158 valence electrons. The van der Waals surface area contributed by atoms with Crippen molar-refractivity contribution >= 4 is 0 Å². The SMILES string of the molecule is CCCN1CCC([C@@H](Cc2ccccc2)N(CCOC)Cc2ccccn2)CC1. The summed E-state index contributed by atoms with van der Waals surface area (Å²) in [7, 11) is 1.80. The highest BCUT2D eigenvalue weighted by molar-refractivity contribution is 5.16. The summed E-state index contributed by atoms with van der Waals surface area (Å²) in [5.41, 5.74) is 2.57. The van der Waals surface area contributed by atoms with Gasteiger partial charge >= 0.3 is 0 Å². The highest BCUT2D eigenvalue weighted by Crippen LogP contribution is 2.28. The second-order valence-electron chi connectivity index (χ2n) is 8.22. The monoisotopic (exact) mass is 395 g/mol. The maximum Gasteiger partial charge on any atom is 0.0589 e. The first-order valence-electron chi connectivity index (χ1n) is 11.2. The molecular weight excluding hydrogens is 358 g/mol. The minimum Gasteiger partial charge on any atom is -0.383 e. The smallest absolute Gasteiger partial charge is 0.0589 e. The zero-order chi connectivity index (χ0) is 20.3. The Labute approximate surface area is 176 Å². The zero-order valence-corrected chi connectivity index (χ0v) is 18.2. The molecule has 29 heavy (non-hydrogen) atoms. The van der Waals surface area contributed by atoms with Crippen LogP contribution in [0.15, 0.2) is 54.7 Å². The average Bonchev–Trinajstić information content (AvgIpc) is 2.77. The first-order chi connectivity index (χ1) is 14.3. The number of hydrogen-bond acceptors (Lipinski definition) is 4. The molecule has 1 aromatic heterocycles. The van der Waals surface area contributed by atoms with Gasteiger partial charge in [-0.05, 0) is 68.9 Å². The van der Waals surface area contributed by atoms with Crippen LogP contribution in [-0.4, -0.2) is 60.7 Å². The number of hydrogen-bond donors (Lipinski definition) is 0. The van der Waals surface area contributed by atoms with Gasteiger partial charge in [-0.3, -0.25) is 9.88 Å². The maximum absolute atomic E-state index is 5.48. The molecule has 0 aliphatic carbocycles. The molecule has 4 nitrogen and oxygen atoms in total. The molecule has 0 spiro atoms. The van der Waals surface area contributed by atoms with Crippen LogP contribution in [0.25, 0.3) is 0 Å². The number of likely N-dealkylation sites (tertiary alicyclic amines) is 1. The second-order valence-corrected chi connectivity index (χ2v) is 8.22. The minimum atomic E-state index is 0.512. The van der Waals surface area contributed by atoms with Crippen LogP contribution in [0.3, 0.4) is 0 Å². The van der Waals surface area contributed by atoms with E-state index in [9.17, 15) is 0 Å². The normalized spacial score (nSPS) is 16.9. The van der Waals surface area contributed by atoms with Crippen LogP contribution in [-0.2, 0) is 17.7 Å². The number of ether oxygens (including phenoxy) is 1. The van der Waals surface area contributed by atoms with Crippen LogP contribution < -0.4 is 0 Å². The van der Waals surface area contributed by atoms with Crippen LogP contribution >= 0.6 is 0 Å². The summed E-state index contributed by atoms with van der Waals surface area (Å²) in [6.07, 6.45) is 6.80. The number of aromatic nitrogens is 1. The lowest BCUT2D eigenvalue weighted by molar-refractivity contribution is 0.0579. The van der Waals surface area contributed by atoms with E-state index in [1.165, 1.54) is 44.5 Å². The van der Waals surface area contributed by atoms with Crippen molar-refractivity contribution in [3.05, 3.63) is 66.0 Å². The van der Waals surface area contributed by atoms with Crippen molar-refractivity contribution in [3.8, 4) is 0 Å². The van der Waals surface area contributed by atoms with Gasteiger partial charge in [-0.15, -0.1) is 0 Å². The largest absolute Gasteiger partial charge is 0.383 e. The number of nitrogens with zero attached hydrogens (tertiary/aromatic N) is 3. The molecule has 4 heteroatoms. The van der Waals surface area contributed by atoms with Gasteiger partial charge in [0.1, 0.15) is 0 Å². The molecule has 1 aliphatic rings. The molecule has 0 N–H and O–H groups in total. The van der Waals surface area contributed by atoms with Crippen molar-refractivity contribution in [3.63, 3.8) is 0 Å². The Morgan fingerprint density at radius 3 is 2.52 bits per heavy atom. The molecule has 2 aromatic rings. The van der Waals surface area contributed by atoms with E-state index in [0.29, 0.717) is 12.0 Å². The van der Waals surface area contributed by atoms with Crippen molar-refractivity contribution in [1.29, 1.82) is 0 Å². The van der Waals surface area contributed by atoms with E-state index >= 15 is 0 Å². The molecule has 1 fully saturated rings. The molecule has 1 saturated heterocycles. The lowest BCUT2D eigenvalue weighted by atomic mass is 9.84. The summed E-state index contributed by atoms with van der Waals surface area (Å²) in [5.74, 6) is 0.712. The summed E-state index contributed by atoms with van der Waals surface area (Å²) in [5, 5.41) is 0. The molecular formula is C25H37N3O. The number of pyridine rings is 1. The minimum absolute atomic E-state index is 0.512. The molecule has 1 aromatic carbocycles. The van der Waals surface area contributed by atoms with Crippen molar-refractivity contribution in [2.24, 2.45) is 5.92 Å². The number of rotatable bonds is 11. The predicted octanol–water partition coefficient (Wildman–Crippen LogP) is 4.26. The lowest BCUT2D eigenvalue weighted by Crippen LogP contribution is -2.47. The Balaban J connectivity index is 1.78. The highest BCUT2D eigenvalue weighted by atomic mass is 16.5. The third kappa shape index (κ3) is 6.91. The van der Waals surface area contributed by atoms with E-state index in [4.69, 9.17) is 4.74 Å². The zero-order valence-electron chi connectivity index (χ0n) is 18.2. The maximum atomic E-state index is 5.48. The van der Waals surface area contributed by atoms with Gasteiger partial charge in [0.05, 0.1) is 12.3 Å². The van der Waals surface area contributed by atoms with E-state index in [0.717, 1.165) is 31.8 Å². The molecule has 2 heterocycles. The number of piperidine rings is 1. The van der Waals surface area contributed by atoms with E-state index in [-0.39, 0.29) is 0 Å². The summed E-state index contributed by atoms with van der Waals surface area (Å²) in [6.45, 7) is 8.56. The van der Waals surface area contributed by atoms with Crippen molar-refractivity contribution < 1.29 is 4.74 Å². The molecule has 0 amide bonds. The predicted molar refractivity (Wildman–Crippen MR) is 120 cm³/mol. The van der Waals surface area contributed by atoms with Gasteiger partial charge in [0, 0.05) is 32.4 Å². The Bertz CT molecular complexity index is 671. The fourth-order valence-corrected chi connectivity index (χ4v) is 4.60. The van der Waals surface area contributed by atoms with Gasteiger partial charge < -0.3 is 9.64 Å². The Morgan fingerprint density at radius 2 is 1.86 bits per heavy atom. The molecule has 0 saturated carbocycles. The van der Waals surface area contributed by atoms with Crippen molar-refractivity contribution in [2.45, 2.75) is 45.2 Å². The third-order valence-electron chi connectivity index (χ3n) is 6.15. The average molecular weight is 396 g/mol. The lowest BCUT2D eigenvalue weighted by Gasteiger charge is -2.41. The van der Waals surface area contributed by atoms with Gasteiger partial charge in [-0.1, -0.05) is 43.3 Å². The van der Waals surface area contributed by atoms with Crippen LogP contribution in [0.4, 0.5) is 0 Å². The van der Waals surface area contributed by atoms with Crippen LogP contribution in [0, 0.1) is 5.92 Å². The van der Waals surface area contributed by atoms with E-state index in [2.05, 4.69) is 64.2 Å². The first-order valence-corrected chi connectivity index (χ1v) is 11.2. The molecule has 0 bridgehead atoms. The van der Waals surface area contributed by atoms with E-state index in [1.54, 1.807) is 7.11 Å². The molecule has 0 unspecified atom stereocenters. The van der Waals surface area contributed by atoms with Crippen LogP contribution in [0.1, 0.15) is 37.4 Å². The van der Waals surface area contributed by atoms with Gasteiger partial charge in [-0.2, -0.15) is 0 Å². The summed E-state index contributed by atoms with van der Waals surface area (Å²) in [4.78, 5) is 9.86. The summed E-state index contributed by atoms with van der Waals surface area (Å²) >= 11 is 0. The Kier molecular flexibility index (Phi) is 9.13. The van der Waals surface area contributed by atoms with Crippen LogP contribution in [0.2, 0.25) is 0 Å². The number of methoxy groups -OCH3 is 1. The van der Waals surface area contributed by atoms with Gasteiger partial charge in [0.15, 0.2) is 0 Å². The molecule has 1 atom stereocenters. The van der Waals surface area contributed by atoms with Gasteiger partial charge in [-0.25, -0.2) is 0 Å². The highest BCUT2D eigenvalue weighted by Gasteiger charge is 2.31. The Morgan fingerprint density at radius 1 is 1.10 bits per heavy atom. The fourth-order valence-electron chi connectivity index (χ4n) is 4.60. The van der Waals surface area contributed by atoms with Crippen molar-refractivity contribution in [2.75, 3.05) is 39.9 Å². The number of benzene rings is 1. The molecule has 1 aliphatic heterocycles. The fraction of sp³-hybridized carbons (Fsp3) is 0.560. The molecule has 0 radical (unpaired) electrons. The van der Waals surface area contributed by atoms with Gasteiger partial charge in [0.2, 0.25) is 0 Å². The summed E-state index contributed by atoms with van der Waals surface area (Å²) < 4.78 is 5.48. The first kappa shape index (κ1) is 21.9.